The molecule has 0 saturated carbocycles. The van der Waals surface area contributed by atoms with E-state index in [0.717, 1.165) is 48.9 Å². The van der Waals surface area contributed by atoms with Gasteiger partial charge in [0.15, 0.2) is 0 Å². The second-order valence-electron chi connectivity index (χ2n) is 6.29. The van der Waals surface area contributed by atoms with Crippen LogP contribution >= 0.6 is 15.9 Å². The van der Waals surface area contributed by atoms with E-state index in [2.05, 4.69) is 35.0 Å². The Hall–Kier alpha value is -1.23. The van der Waals surface area contributed by atoms with Gasteiger partial charge >= 0.3 is 5.97 Å². The fraction of sp³-hybridized carbons (Fsp3) is 0.650. The molecule has 0 aromatic heterocycles. The Labute approximate surface area is 159 Å². The van der Waals surface area contributed by atoms with Crippen LogP contribution in [-0.2, 0) is 22.4 Å². The normalized spacial score (nSPS) is 16.0. The summed E-state index contributed by atoms with van der Waals surface area (Å²) in [6.07, 6.45) is 6.09. The van der Waals surface area contributed by atoms with Crippen LogP contribution in [0.4, 0.5) is 0 Å². The van der Waals surface area contributed by atoms with Gasteiger partial charge in [0.25, 0.3) is 0 Å². The highest BCUT2D eigenvalue weighted by atomic mass is 79.9. The van der Waals surface area contributed by atoms with Crippen LogP contribution in [0.2, 0.25) is 0 Å². The number of halogens is 1. The molecule has 0 saturated heterocycles. The summed E-state index contributed by atoms with van der Waals surface area (Å²) in [6.45, 7) is 5.14. The van der Waals surface area contributed by atoms with E-state index >= 15 is 0 Å². The average Bonchev–Trinajstić information content (AvgIpc) is 2.62. The maximum absolute atomic E-state index is 11.6. The second kappa shape index (κ2) is 10.7. The Morgan fingerprint density at radius 2 is 2.20 bits per heavy atom. The summed E-state index contributed by atoms with van der Waals surface area (Å²) in [5, 5.41) is 0.938. The van der Waals surface area contributed by atoms with Crippen LogP contribution in [-0.4, -0.2) is 30.6 Å². The zero-order chi connectivity index (χ0) is 18.1. The molecule has 1 aliphatic heterocycles. The summed E-state index contributed by atoms with van der Waals surface area (Å²) in [5.41, 5.74) is 2.43. The molecule has 4 nitrogen and oxygen atoms in total. The molecular weight excluding hydrogens is 384 g/mol. The lowest BCUT2D eigenvalue weighted by atomic mass is 9.95. The summed E-state index contributed by atoms with van der Waals surface area (Å²) in [7, 11) is 0. The number of aryl methyl sites for hydroxylation is 1. The van der Waals surface area contributed by atoms with E-state index in [0.29, 0.717) is 26.1 Å². The molecule has 0 amide bonds. The van der Waals surface area contributed by atoms with Crippen LogP contribution in [0.25, 0.3) is 0 Å². The molecule has 0 N–H and O–H groups in total. The monoisotopic (exact) mass is 412 g/mol. The lowest BCUT2D eigenvalue weighted by Gasteiger charge is -2.29. The number of hydrogen-bond donors (Lipinski definition) is 0. The van der Waals surface area contributed by atoms with Crippen molar-refractivity contribution in [3.05, 3.63) is 23.3 Å². The lowest BCUT2D eigenvalue weighted by molar-refractivity contribution is -0.143. The van der Waals surface area contributed by atoms with Crippen LogP contribution in [0.15, 0.2) is 12.1 Å². The minimum absolute atomic E-state index is 0.0744. The van der Waals surface area contributed by atoms with Gasteiger partial charge in [0.05, 0.1) is 19.3 Å². The minimum atomic E-state index is -0.141. The number of carbonyl (C=O) groups is 1. The molecule has 5 heteroatoms. The molecule has 0 aliphatic carbocycles. The molecule has 1 unspecified atom stereocenters. The molecule has 1 aromatic rings. The molecule has 2 rings (SSSR count). The topological polar surface area (TPSA) is 44.8 Å². The highest BCUT2D eigenvalue weighted by molar-refractivity contribution is 9.09. The molecule has 0 fully saturated rings. The highest BCUT2D eigenvalue weighted by Gasteiger charge is 2.25. The quantitative estimate of drug-likeness (QED) is 0.313. The molecule has 0 bridgehead atoms. The van der Waals surface area contributed by atoms with E-state index in [4.69, 9.17) is 14.2 Å². The van der Waals surface area contributed by atoms with Gasteiger partial charge in [-0.2, -0.15) is 0 Å². The number of ether oxygens (including phenoxy) is 3. The van der Waals surface area contributed by atoms with E-state index < -0.39 is 0 Å². The number of esters is 1. The maximum atomic E-state index is 11.6. The molecular formula is C20H29BrO4. The maximum Gasteiger partial charge on any atom is 0.305 e. The highest BCUT2D eigenvalue weighted by Crippen LogP contribution is 2.38. The summed E-state index contributed by atoms with van der Waals surface area (Å²) in [6, 6.07) is 4.21. The van der Waals surface area contributed by atoms with Gasteiger partial charge in [0.1, 0.15) is 11.5 Å². The Morgan fingerprint density at radius 3 is 2.92 bits per heavy atom. The Bertz CT molecular complexity index is 559. The lowest BCUT2D eigenvalue weighted by Crippen LogP contribution is -2.25. The van der Waals surface area contributed by atoms with Crippen LogP contribution in [0.1, 0.15) is 57.1 Å². The largest absolute Gasteiger partial charge is 0.493 e. The molecule has 0 radical (unpaired) electrons. The van der Waals surface area contributed by atoms with E-state index in [-0.39, 0.29) is 12.1 Å². The summed E-state index contributed by atoms with van der Waals surface area (Å²) in [4.78, 5) is 11.6. The fourth-order valence-corrected chi connectivity index (χ4v) is 3.35. The van der Waals surface area contributed by atoms with E-state index in [1.54, 1.807) is 0 Å². The van der Waals surface area contributed by atoms with Gasteiger partial charge in [0, 0.05) is 17.3 Å². The SMILES string of the molecule is CCCc1c(OCCCBr)ccc2c1OC(CCC(=O)OCC)CC2. The third-order valence-electron chi connectivity index (χ3n) is 4.33. The standard InChI is InChI=1S/C20H29BrO4/c1-3-6-17-18(24-14-5-13-21)11-8-15-7-9-16(25-20(15)17)10-12-19(22)23-4-2/h8,11,16H,3-7,9-10,12-14H2,1-2H3. The summed E-state index contributed by atoms with van der Waals surface area (Å²) in [5.74, 6) is 1.78. The number of fused-ring (bicyclic) bond motifs is 1. The predicted molar refractivity (Wildman–Crippen MR) is 103 cm³/mol. The smallest absolute Gasteiger partial charge is 0.305 e. The summed E-state index contributed by atoms with van der Waals surface area (Å²) < 4.78 is 17.3. The molecule has 0 spiro atoms. The minimum Gasteiger partial charge on any atom is -0.493 e. The van der Waals surface area contributed by atoms with Gasteiger partial charge in [-0.1, -0.05) is 35.3 Å². The van der Waals surface area contributed by atoms with Gasteiger partial charge in [-0.05, 0) is 50.7 Å². The van der Waals surface area contributed by atoms with Crippen molar-refractivity contribution in [1.82, 2.24) is 0 Å². The van der Waals surface area contributed by atoms with E-state index in [9.17, 15) is 4.79 Å². The number of hydrogen-bond acceptors (Lipinski definition) is 4. The van der Waals surface area contributed by atoms with Gasteiger partial charge in [-0.3, -0.25) is 4.79 Å². The van der Waals surface area contributed by atoms with Crippen molar-refractivity contribution in [3.8, 4) is 11.5 Å². The van der Waals surface area contributed by atoms with Crippen LogP contribution in [0.3, 0.4) is 0 Å². The van der Waals surface area contributed by atoms with Crippen LogP contribution < -0.4 is 9.47 Å². The first-order valence-electron chi connectivity index (χ1n) is 9.35. The number of rotatable bonds is 10. The number of alkyl halides is 1. The zero-order valence-electron chi connectivity index (χ0n) is 15.3. The van der Waals surface area contributed by atoms with Crippen molar-refractivity contribution in [3.63, 3.8) is 0 Å². The van der Waals surface area contributed by atoms with Crippen molar-refractivity contribution < 1.29 is 19.0 Å². The van der Waals surface area contributed by atoms with Crippen molar-refractivity contribution in [2.45, 2.75) is 64.9 Å². The predicted octanol–water partition coefficient (Wildman–Crippen LogP) is 4.84. The molecule has 140 valence electrons. The van der Waals surface area contributed by atoms with E-state index in [1.165, 1.54) is 11.1 Å². The van der Waals surface area contributed by atoms with Gasteiger partial charge < -0.3 is 14.2 Å². The summed E-state index contributed by atoms with van der Waals surface area (Å²) >= 11 is 3.44. The van der Waals surface area contributed by atoms with Crippen molar-refractivity contribution >= 4 is 21.9 Å². The van der Waals surface area contributed by atoms with E-state index in [1.807, 2.05) is 6.92 Å². The second-order valence-corrected chi connectivity index (χ2v) is 7.09. The zero-order valence-corrected chi connectivity index (χ0v) is 16.9. The third-order valence-corrected chi connectivity index (χ3v) is 4.89. The molecule has 1 atom stereocenters. The Kier molecular flexibility index (Phi) is 8.59. The Morgan fingerprint density at radius 1 is 1.36 bits per heavy atom. The molecule has 1 aliphatic rings. The van der Waals surface area contributed by atoms with Crippen molar-refractivity contribution in [2.75, 3.05) is 18.5 Å². The molecule has 1 heterocycles. The first-order valence-corrected chi connectivity index (χ1v) is 10.5. The van der Waals surface area contributed by atoms with Crippen molar-refractivity contribution in [1.29, 1.82) is 0 Å². The van der Waals surface area contributed by atoms with Gasteiger partial charge in [-0.15, -0.1) is 0 Å². The van der Waals surface area contributed by atoms with Crippen LogP contribution in [0, 0.1) is 0 Å². The molecule has 25 heavy (non-hydrogen) atoms. The average molecular weight is 413 g/mol. The third kappa shape index (κ3) is 5.91. The van der Waals surface area contributed by atoms with Gasteiger partial charge in [-0.25, -0.2) is 0 Å². The first-order chi connectivity index (χ1) is 12.2. The van der Waals surface area contributed by atoms with Crippen LogP contribution in [0.5, 0.6) is 11.5 Å². The van der Waals surface area contributed by atoms with Crippen molar-refractivity contribution in [2.24, 2.45) is 0 Å². The Balaban J connectivity index is 2.08. The molecule has 1 aromatic carbocycles. The first kappa shape index (κ1) is 20.1. The fourth-order valence-electron chi connectivity index (χ4n) is 3.12. The number of carbonyl (C=O) groups excluding carboxylic acids is 1. The van der Waals surface area contributed by atoms with Gasteiger partial charge in [0.2, 0.25) is 0 Å². The number of benzene rings is 1.